The smallest absolute Gasteiger partial charge is 0.240 e. The van der Waals surface area contributed by atoms with Crippen LogP contribution in [0.1, 0.15) is 25.0 Å². The fraction of sp³-hybridized carbons (Fsp3) is 0.538. The van der Waals surface area contributed by atoms with Crippen LogP contribution >= 0.6 is 0 Å². The Balaban J connectivity index is 3.00. The number of methoxy groups -OCH3 is 1. The molecule has 0 aliphatic carbocycles. The molecule has 1 rings (SSSR count). The minimum Gasteiger partial charge on any atom is -0.377 e. The van der Waals surface area contributed by atoms with Crippen LogP contribution in [-0.2, 0) is 21.3 Å². The Morgan fingerprint density at radius 3 is 2.53 bits per heavy atom. The molecule has 0 fully saturated rings. The number of benzene rings is 1. The maximum atomic E-state index is 12.3. The molecule has 0 atom stereocenters. The molecule has 1 aromatic rings. The maximum absolute atomic E-state index is 12.3. The maximum Gasteiger partial charge on any atom is 0.240 e. The Morgan fingerprint density at radius 2 is 2.00 bits per heavy atom. The fourth-order valence-electron chi connectivity index (χ4n) is 1.48. The number of rotatable bonds is 6. The topological polar surface area (TPSA) is 81.4 Å². The highest BCUT2D eigenvalue weighted by Crippen LogP contribution is 2.17. The standard InChI is InChI=1S/C13H22N2O3S/c1-10-5-6-11(8-14)7-12(10)19(16,17)15-9-13(2,3)18-4/h5-7,15H,8-9,14H2,1-4H3. The summed E-state index contributed by atoms with van der Waals surface area (Å²) in [5, 5.41) is 0. The molecule has 0 unspecified atom stereocenters. The minimum absolute atomic E-state index is 0.206. The Kier molecular flexibility index (Phi) is 5.09. The third-order valence-corrected chi connectivity index (χ3v) is 4.56. The third kappa shape index (κ3) is 4.28. The van der Waals surface area contributed by atoms with E-state index in [0.29, 0.717) is 12.1 Å². The second kappa shape index (κ2) is 6.00. The van der Waals surface area contributed by atoms with Crippen molar-refractivity contribution in [1.82, 2.24) is 4.72 Å². The van der Waals surface area contributed by atoms with Crippen LogP contribution in [0, 0.1) is 6.92 Å². The van der Waals surface area contributed by atoms with Gasteiger partial charge in [0.25, 0.3) is 0 Å². The highest BCUT2D eigenvalue weighted by Gasteiger charge is 2.23. The lowest BCUT2D eigenvalue weighted by atomic mass is 10.1. The van der Waals surface area contributed by atoms with Crippen LogP contribution in [-0.4, -0.2) is 27.7 Å². The molecule has 0 amide bonds. The zero-order valence-corrected chi connectivity index (χ0v) is 12.7. The molecule has 19 heavy (non-hydrogen) atoms. The molecule has 0 aromatic heterocycles. The molecular weight excluding hydrogens is 264 g/mol. The molecule has 0 aliphatic heterocycles. The predicted octanol–water partition coefficient (Wildman–Crippen LogP) is 1.16. The van der Waals surface area contributed by atoms with E-state index in [1.807, 2.05) is 19.9 Å². The summed E-state index contributed by atoms with van der Waals surface area (Å²) in [5.74, 6) is 0. The summed E-state index contributed by atoms with van der Waals surface area (Å²) < 4.78 is 32.3. The summed E-state index contributed by atoms with van der Waals surface area (Å²) in [6, 6.07) is 5.20. The van der Waals surface area contributed by atoms with Gasteiger partial charge in [0, 0.05) is 20.2 Å². The Hall–Kier alpha value is -0.950. The van der Waals surface area contributed by atoms with Gasteiger partial charge in [-0.3, -0.25) is 0 Å². The van der Waals surface area contributed by atoms with E-state index in [2.05, 4.69) is 4.72 Å². The molecular formula is C13H22N2O3S. The van der Waals surface area contributed by atoms with Crippen molar-refractivity contribution in [3.8, 4) is 0 Å². The Labute approximate surface area is 115 Å². The van der Waals surface area contributed by atoms with Gasteiger partial charge in [0.1, 0.15) is 0 Å². The quantitative estimate of drug-likeness (QED) is 0.822. The van der Waals surface area contributed by atoms with Crippen molar-refractivity contribution in [1.29, 1.82) is 0 Å². The van der Waals surface area contributed by atoms with E-state index in [9.17, 15) is 8.42 Å². The third-order valence-electron chi connectivity index (χ3n) is 3.02. The zero-order valence-electron chi connectivity index (χ0n) is 11.9. The van der Waals surface area contributed by atoms with Gasteiger partial charge in [-0.15, -0.1) is 0 Å². The predicted molar refractivity (Wildman–Crippen MR) is 75.3 cm³/mol. The number of ether oxygens (including phenoxy) is 1. The zero-order chi connectivity index (χ0) is 14.7. The summed E-state index contributed by atoms with van der Waals surface area (Å²) in [5.41, 5.74) is 6.48. The molecule has 0 saturated heterocycles. The Bertz CT molecular complexity index is 539. The van der Waals surface area contributed by atoms with Crippen molar-refractivity contribution < 1.29 is 13.2 Å². The van der Waals surface area contributed by atoms with E-state index in [0.717, 1.165) is 5.56 Å². The van der Waals surface area contributed by atoms with Gasteiger partial charge in [-0.05, 0) is 38.0 Å². The second-order valence-corrected chi connectivity index (χ2v) is 6.83. The lowest BCUT2D eigenvalue weighted by molar-refractivity contribution is 0.0276. The lowest BCUT2D eigenvalue weighted by Gasteiger charge is -2.23. The SMILES string of the molecule is COC(C)(C)CNS(=O)(=O)c1cc(CN)ccc1C. The van der Waals surface area contributed by atoms with Gasteiger partial charge in [-0.25, -0.2) is 13.1 Å². The van der Waals surface area contributed by atoms with Gasteiger partial charge < -0.3 is 10.5 Å². The minimum atomic E-state index is -3.55. The van der Waals surface area contributed by atoms with Gasteiger partial charge in [0.2, 0.25) is 10.0 Å². The summed E-state index contributed by atoms with van der Waals surface area (Å²) >= 11 is 0. The molecule has 0 radical (unpaired) electrons. The number of sulfonamides is 1. The number of hydrogen-bond acceptors (Lipinski definition) is 4. The van der Waals surface area contributed by atoms with Crippen molar-refractivity contribution in [3.05, 3.63) is 29.3 Å². The van der Waals surface area contributed by atoms with E-state index in [4.69, 9.17) is 10.5 Å². The van der Waals surface area contributed by atoms with Gasteiger partial charge in [0.05, 0.1) is 10.5 Å². The number of hydrogen-bond donors (Lipinski definition) is 2. The summed E-state index contributed by atoms with van der Waals surface area (Å²) in [4.78, 5) is 0.266. The van der Waals surface area contributed by atoms with Crippen molar-refractivity contribution in [2.45, 2.75) is 37.8 Å². The summed E-state index contributed by atoms with van der Waals surface area (Å²) in [6.07, 6.45) is 0. The average molecular weight is 286 g/mol. The van der Waals surface area contributed by atoms with Crippen LogP contribution in [0.15, 0.2) is 23.1 Å². The number of nitrogens with one attached hydrogen (secondary N) is 1. The molecule has 3 N–H and O–H groups in total. The first-order chi connectivity index (χ1) is 8.72. The largest absolute Gasteiger partial charge is 0.377 e. The van der Waals surface area contributed by atoms with Gasteiger partial charge in [-0.2, -0.15) is 0 Å². The first kappa shape index (κ1) is 16.1. The molecule has 0 aliphatic rings. The van der Waals surface area contributed by atoms with Crippen molar-refractivity contribution >= 4 is 10.0 Å². The molecule has 0 saturated carbocycles. The number of nitrogens with two attached hydrogens (primary N) is 1. The Morgan fingerprint density at radius 1 is 1.37 bits per heavy atom. The molecule has 5 nitrogen and oxygen atoms in total. The second-order valence-electron chi connectivity index (χ2n) is 5.09. The van der Waals surface area contributed by atoms with Crippen LogP contribution in [0.5, 0.6) is 0 Å². The van der Waals surface area contributed by atoms with Crippen LogP contribution in [0.4, 0.5) is 0 Å². The van der Waals surface area contributed by atoms with Crippen LogP contribution in [0.3, 0.4) is 0 Å². The highest BCUT2D eigenvalue weighted by atomic mass is 32.2. The molecule has 0 spiro atoms. The lowest BCUT2D eigenvalue weighted by Crippen LogP contribution is -2.39. The molecule has 1 aromatic carbocycles. The first-order valence-electron chi connectivity index (χ1n) is 6.06. The monoisotopic (exact) mass is 286 g/mol. The van der Waals surface area contributed by atoms with E-state index in [-0.39, 0.29) is 11.4 Å². The van der Waals surface area contributed by atoms with Gasteiger partial charge >= 0.3 is 0 Å². The van der Waals surface area contributed by atoms with E-state index < -0.39 is 15.6 Å². The van der Waals surface area contributed by atoms with Crippen molar-refractivity contribution in [2.75, 3.05) is 13.7 Å². The molecule has 108 valence electrons. The highest BCUT2D eigenvalue weighted by molar-refractivity contribution is 7.89. The summed E-state index contributed by atoms with van der Waals surface area (Å²) in [7, 11) is -2.00. The van der Waals surface area contributed by atoms with Crippen molar-refractivity contribution in [3.63, 3.8) is 0 Å². The van der Waals surface area contributed by atoms with Crippen LogP contribution < -0.4 is 10.5 Å². The fourth-order valence-corrected chi connectivity index (χ4v) is 2.97. The molecule has 0 bridgehead atoms. The van der Waals surface area contributed by atoms with Gasteiger partial charge in [0.15, 0.2) is 0 Å². The van der Waals surface area contributed by atoms with E-state index >= 15 is 0 Å². The van der Waals surface area contributed by atoms with Crippen LogP contribution in [0.25, 0.3) is 0 Å². The molecule has 0 heterocycles. The van der Waals surface area contributed by atoms with E-state index in [1.54, 1.807) is 26.2 Å². The average Bonchev–Trinajstić information content (AvgIpc) is 2.37. The summed E-state index contributed by atoms with van der Waals surface area (Å²) in [6.45, 7) is 5.91. The number of aryl methyl sites for hydroxylation is 1. The van der Waals surface area contributed by atoms with Crippen molar-refractivity contribution in [2.24, 2.45) is 5.73 Å². The normalized spacial score (nSPS) is 12.7. The first-order valence-corrected chi connectivity index (χ1v) is 7.54. The van der Waals surface area contributed by atoms with E-state index in [1.165, 1.54) is 0 Å². The molecule has 6 heteroatoms. The van der Waals surface area contributed by atoms with Crippen LogP contribution in [0.2, 0.25) is 0 Å². The van der Waals surface area contributed by atoms with Gasteiger partial charge in [-0.1, -0.05) is 12.1 Å².